The van der Waals surface area contributed by atoms with Crippen molar-refractivity contribution in [1.29, 1.82) is 0 Å². The van der Waals surface area contributed by atoms with E-state index in [0.717, 1.165) is 0 Å². The number of aliphatic hydroxyl groups excluding tert-OH is 1. The van der Waals surface area contributed by atoms with E-state index in [1.165, 1.54) is 7.11 Å². The van der Waals surface area contributed by atoms with Crippen LogP contribution in [0.1, 0.15) is 12.5 Å². The van der Waals surface area contributed by atoms with Crippen LogP contribution >= 0.6 is 0 Å². The summed E-state index contributed by atoms with van der Waals surface area (Å²) in [5.74, 6) is 0.488. The molecular weight excluding hydrogens is 248 g/mol. The van der Waals surface area contributed by atoms with Crippen molar-refractivity contribution in [3.8, 4) is 11.5 Å². The van der Waals surface area contributed by atoms with Crippen LogP contribution < -0.4 is 9.47 Å². The molecule has 104 valence electrons. The fourth-order valence-corrected chi connectivity index (χ4v) is 1.39. The lowest BCUT2D eigenvalue weighted by Crippen LogP contribution is -2.13. The Labute approximate surface area is 112 Å². The minimum absolute atomic E-state index is 0.0215. The second-order valence-corrected chi connectivity index (χ2v) is 3.76. The van der Waals surface area contributed by atoms with Crippen LogP contribution in [-0.4, -0.2) is 31.4 Å². The van der Waals surface area contributed by atoms with E-state index in [4.69, 9.17) is 19.3 Å². The van der Waals surface area contributed by atoms with E-state index >= 15 is 0 Å². The average Bonchev–Trinajstić information content (AvgIpc) is 2.44. The summed E-state index contributed by atoms with van der Waals surface area (Å²) in [6, 6.07) is 5.05. The Morgan fingerprint density at radius 1 is 1.37 bits per heavy atom. The standard InChI is InChI=1S/C14H18O5/c1-4-18-14(16)10(2)9-19-12-6-5-11(8-15)7-13(12)17-3/h5-7,15H,2,4,8-9H2,1,3H3. The molecule has 0 unspecified atom stereocenters. The van der Waals surface area contributed by atoms with E-state index in [-0.39, 0.29) is 18.8 Å². The highest BCUT2D eigenvalue weighted by Gasteiger charge is 2.11. The van der Waals surface area contributed by atoms with E-state index in [2.05, 4.69) is 6.58 Å². The van der Waals surface area contributed by atoms with Crippen LogP contribution in [-0.2, 0) is 16.1 Å². The number of hydrogen-bond acceptors (Lipinski definition) is 5. The number of carbonyl (C=O) groups excluding carboxylic acids is 1. The third-order valence-electron chi connectivity index (χ3n) is 2.38. The largest absolute Gasteiger partial charge is 0.493 e. The van der Waals surface area contributed by atoms with E-state index in [1.807, 2.05) is 0 Å². The highest BCUT2D eigenvalue weighted by Crippen LogP contribution is 2.28. The van der Waals surface area contributed by atoms with Crippen molar-refractivity contribution in [1.82, 2.24) is 0 Å². The molecule has 0 saturated heterocycles. The first-order valence-electron chi connectivity index (χ1n) is 5.87. The molecule has 1 rings (SSSR count). The topological polar surface area (TPSA) is 65.0 Å². The first-order valence-corrected chi connectivity index (χ1v) is 5.87. The van der Waals surface area contributed by atoms with Gasteiger partial charge < -0.3 is 19.3 Å². The number of rotatable bonds is 7. The Kier molecular flexibility index (Phi) is 5.89. The molecule has 0 spiro atoms. The van der Waals surface area contributed by atoms with Crippen molar-refractivity contribution < 1.29 is 24.1 Å². The van der Waals surface area contributed by atoms with Crippen molar-refractivity contribution in [3.05, 3.63) is 35.9 Å². The molecule has 1 N–H and O–H groups in total. The van der Waals surface area contributed by atoms with Gasteiger partial charge in [0.05, 0.1) is 25.9 Å². The molecule has 0 amide bonds. The lowest BCUT2D eigenvalue weighted by Gasteiger charge is -2.12. The molecular formula is C14H18O5. The van der Waals surface area contributed by atoms with Crippen LogP contribution in [0.3, 0.4) is 0 Å². The van der Waals surface area contributed by atoms with Crippen LogP contribution in [0.25, 0.3) is 0 Å². The normalized spacial score (nSPS) is 9.84. The summed E-state index contributed by atoms with van der Waals surface area (Å²) in [6.07, 6.45) is 0. The number of ether oxygens (including phenoxy) is 3. The molecule has 0 aliphatic heterocycles. The van der Waals surface area contributed by atoms with Crippen molar-refractivity contribution in [3.63, 3.8) is 0 Å². The number of hydrogen-bond donors (Lipinski definition) is 1. The SMILES string of the molecule is C=C(COc1ccc(CO)cc1OC)C(=O)OCC. The molecule has 5 nitrogen and oxygen atoms in total. The summed E-state index contributed by atoms with van der Waals surface area (Å²) in [4.78, 5) is 11.4. The molecule has 0 aromatic heterocycles. The predicted octanol–water partition coefficient (Wildman–Crippen LogP) is 1.69. The number of carbonyl (C=O) groups is 1. The van der Waals surface area contributed by atoms with Crippen LogP contribution in [0.15, 0.2) is 30.4 Å². The molecule has 0 radical (unpaired) electrons. The zero-order valence-electron chi connectivity index (χ0n) is 11.1. The minimum atomic E-state index is -0.478. The molecule has 0 aliphatic rings. The monoisotopic (exact) mass is 266 g/mol. The lowest BCUT2D eigenvalue weighted by atomic mass is 10.2. The van der Waals surface area contributed by atoms with E-state index < -0.39 is 5.97 Å². The van der Waals surface area contributed by atoms with Crippen LogP contribution in [0.2, 0.25) is 0 Å². The summed E-state index contributed by atoms with van der Waals surface area (Å²) in [5, 5.41) is 9.03. The van der Waals surface area contributed by atoms with Gasteiger partial charge in [0.15, 0.2) is 11.5 Å². The van der Waals surface area contributed by atoms with Gasteiger partial charge in [-0.15, -0.1) is 0 Å². The zero-order valence-corrected chi connectivity index (χ0v) is 11.1. The van der Waals surface area contributed by atoms with Gasteiger partial charge in [-0.3, -0.25) is 0 Å². The molecule has 0 saturated carbocycles. The molecule has 0 aliphatic carbocycles. The molecule has 1 aromatic carbocycles. The molecule has 0 fully saturated rings. The Bertz CT molecular complexity index is 453. The van der Waals surface area contributed by atoms with Crippen molar-refractivity contribution in [2.45, 2.75) is 13.5 Å². The van der Waals surface area contributed by atoms with Crippen LogP contribution in [0.5, 0.6) is 11.5 Å². The Hall–Kier alpha value is -2.01. The van der Waals surface area contributed by atoms with Gasteiger partial charge in [-0.1, -0.05) is 12.6 Å². The fourth-order valence-electron chi connectivity index (χ4n) is 1.39. The Balaban J connectivity index is 2.67. The first kappa shape index (κ1) is 15.0. The highest BCUT2D eigenvalue weighted by atomic mass is 16.5. The molecule has 5 heteroatoms. The maximum atomic E-state index is 11.4. The fraction of sp³-hybridized carbons (Fsp3) is 0.357. The molecule has 1 aromatic rings. The quantitative estimate of drug-likeness (QED) is 0.601. The number of esters is 1. The maximum Gasteiger partial charge on any atom is 0.336 e. The Morgan fingerprint density at radius 2 is 2.11 bits per heavy atom. The highest BCUT2D eigenvalue weighted by molar-refractivity contribution is 5.88. The van der Waals surface area contributed by atoms with Crippen molar-refractivity contribution >= 4 is 5.97 Å². The van der Waals surface area contributed by atoms with Gasteiger partial charge in [-0.25, -0.2) is 4.79 Å². The van der Waals surface area contributed by atoms with Gasteiger partial charge in [0.25, 0.3) is 0 Å². The number of aliphatic hydroxyl groups is 1. The molecule has 0 atom stereocenters. The zero-order chi connectivity index (χ0) is 14.3. The summed E-state index contributed by atoms with van der Waals surface area (Å²) >= 11 is 0. The van der Waals surface area contributed by atoms with Gasteiger partial charge in [0, 0.05) is 0 Å². The summed E-state index contributed by atoms with van der Waals surface area (Å²) in [7, 11) is 1.50. The first-order chi connectivity index (χ1) is 9.12. The second kappa shape index (κ2) is 7.43. The number of methoxy groups -OCH3 is 1. The smallest absolute Gasteiger partial charge is 0.336 e. The van der Waals surface area contributed by atoms with Crippen LogP contribution in [0.4, 0.5) is 0 Å². The van der Waals surface area contributed by atoms with Gasteiger partial charge in [-0.05, 0) is 24.6 Å². The lowest BCUT2D eigenvalue weighted by molar-refractivity contribution is -0.138. The van der Waals surface area contributed by atoms with Gasteiger partial charge in [0.2, 0.25) is 0 Å². The molecule has 0 bridgehead atoms. The van der Waals surface area contributed by atoms with E-state index in [9.17, 15) is 4.79 Å². The molecule has 19 heavy (non-hydrogen) atoms. The third kappa shape index (κ3) is 4.30. The van der Waals surface area contributed by atoms with Crippen molar-refractivity contribution in [2.24, 2.45) is 0 Å². The maximum absolute atomic E-state index is 11.4. The predicted molar refractivity (Wildman–Crippen MR) is 70.2 cm³/mol. The summed E-state index contributed by atoms with van der Waals surface area (Å²) in [6.45, 7) is 5.56. The van der Waals surface area contributed by atoms with Gasteiger partial charge in [0.1, 0.15) is 6.61 Å². The molecule has 0 heterocycles. The third-order valence-corrected chi connectivity index (χ3v) is 2.38. The average molecular weight is 266 g/mol. The summed E-state index contributed by atoms with van der Waals surface area (Å²) in [5.41, 5.74) is 0.948. The van der Waals surface area contributed by atoms with Gasteiger partial charge in [-0.2, -0.15) is 0 Å². The van der Waals surface area contributed by atoms with E-state index in [0.29, 0.717) is 23.7 Å². The van der Waals surface area contributed by atoms with Crippen molar-refractivity contribution in [2.75, 3.05) is 20.3 Å². The van der Waals surface area contributed by atoms with Gasteiger partial charge >= 0.3 is 5.97 Å². The van der Waals surface area contributed by atoms with Crippen LogP contribution in [0, 0.1) is 0 Å². The minimum Gasteiger partial charge on any atom is -0.493 e. The Morgan fingerprint density at radius 3 is 2.68 bits per heavy atom. The number of benzene rings is 1. The van der Waals surface area contributed by atoms with E-state index in [1.54, 1.807) is 25.1 Å². The summed E-state index contributed by atoms with van der Waals surface area (Å²) < 4.78 is 15.4. The second-order valence-electron chi connectivity index (χ2n) is 3.76.